The van der Waals surface area contributed by atoms with Gasteiger partial charge in [0, 0.05) is 13.5 Å². The minimum Gasteiger partial charge on any atom is -0.383 e. The van der Waals surface area contributed by atoms with Crippen molar-refractivity contribution in [3.63, 3.8) is 0 Å². The van der Waals surface area contributed by atoms with Gasteiger partial charge in [-0.25, -0.2) is 0 Å². The minimum absolute atomic E-state index is 0.164. The SMILES string of the molecule is CCCC(COC)NC(=O)CC1CNC1. The Hall–Kier alpha value is -0.610. The van der Waals surface area contributed by atoms with Crippen LogP contribution in [0.3, 0.4) is 0 Å². The van der Waals surface area contributed by atoms with Gasteiger partial charge < -0.3 is 15.4 Å². The molecule has 0 spiro atoms. The Morgan fingerprint density at radius 1 is 1.60 bits per heavy atom. The molecule has 1 saturated heterocycles. The van der Waals surface area contributed by atoms with Crippen molar-refractivity contribution in [1.82, 2.24) is 10.6 Å². The summed E-state index contributed by atoms with van der Waals surface area (Å²) in [5.41, 5.74) is 0. The first-order valence-corrected chi connectivity index (χ1v) is 5.75. The van der Waals surface area contributed by atoms with Crippen molar-refractivity contribution in [3.8, 4) is 0 Å². The molecule has 1 aliphatic heterocycles. The molecule has 0 aromatic rings. The Bertz CT molecular complexity index is 187. The zero-order valence-electron chi connectivity index (χ0n) is 9.71. The number of amides is 1. The van der Waals surface area contributed by atoms with Gasteiger partial charge in [-0.15, -0.1) is 0 Å². The van der Waals surface area contributed by atoms with Crippen LogP contribution in [0.15, 0.2) is 0 Å². The van der Waals surface area contributed by atoms with Crippen LogP contribution in [-0.2, 0) is 9.53 Å². The molecule has 0 bridgehead atoms. The van der Waals surface area contributed by atoms with Crippen LogP contribution >= 0.6 is 0 Å². The lowest BCUT2D eigenvalue weighted by Crippen LogP contribution is -2.46. The third-order valence-corrected chi connectivity index (χ3v) is 2.71. The highest BCUT2D eigenvalue weighted by molar-refractivity contribution is 5.76. The molecular weight excluding hydrogens is 192 g/mol. The van der Waals surface area contributed by atoms with Crippen molar-refractivity contribution in [3.05, 3.63) is 0 Å². The second kappa shape index (κ2) is 6.80. The molecule has 1 heterocycles. The fraction of sp³-hybridized carbons (Fsp3) is 0.909. The van der Waals surface area contributed by atoms with E-state index in [1.807, 2.05) is 0 Å². The molecule has 1 unspecified atom stereocenters. The van der Waals surface area contributed by atoms with Gasteiger partial charge in [0.25, 0.3) is 0 Å². The Morgan fingerprint density at radius 3 is 2.80 bits per heavy atom. The lowest BCUT2D eigenvalue weighted by atomic mass is 9.99. The van der Waals surface area contributed by atoms with Crippen LogP contribution in [0, 0.1) is 5.92 Å². The van der Waals surface area contributed by atoms with Crippen LogP contribution in [0.2, 0.25) is 0 Å². The van der Waals surface area contributed by atoms with Crippen molar-refractivity contribution in [2.24, 2.45) is 5.92 Å². The molecule has 2 N–H and O–H groups in total. The van der Waals surface area contributed by atoms with Crippen LogP contribution in [-0.4, -0.2) is 38.8 Å². The standard InChI is InChI=1S/C11H22N2O2/c1-3-4-10(8-15-2)13-11(14)5-9-6-12-7-9/h9-10,12H,3-8H2,1-2H3,(H,13,14). The van der Waals surface area contributed by atoms with Crippen molar-refractivity contribution in [2.75, 3.05) is 26.8 Å². The summed E-state index contributed by atoms with van der Waals surface area (Å²) in [5, 5.41) is 6.19. The monoisotopic (exact) mass is 214 g/mol. The smallest absolute Gasteiger partial charge is 0.220 e. The number of hydrogen-bond donors (Lipinski definition) is 2. The zero-order chi connectivity index (χ0) is 11.1. The third-order valence-electron chi connectivity index (χ3n) is 2.71. The van der Waals surface area contributed by atoms with Crippen molar-refractivity contribution >= 4 is 5.91 Å². The van der Waals surface area contributed by atoms with E-state index < -0.39 is 0 Å². The summed E-state index contributed by atoms with van der Waals surface area (Å²) >= 11 is 0. The second-order valence-corrected chi connectivity index (χ2v) is 4.24. The van der Waals surface area contributed by atoms with Crippen LogP contribution < -0.4 is 10.6 Å². The molecule has 1 amide bonds. The lowest BCUT2D eigenvalue weighted by Gasteiger charge is -2.27. The summed E-state index contributed by atoms with van der Waals surface area (Å²) in [6.45, 7) is 4.69. The number of hydrogen-bond acceptors (Lipinski definition) is 3. The molecule has 0 radical (unpaired) electrons. The lowest BCUT2D eigenvalue weighted by molar-refractivity contribution is -0.123. The van der Waals surface area contributed by atoms with Crippen LogP contribution in [0.4, 0.5) is 0 Å². The number of carbonyl (C=O) groups excluding carboxylic acids is 1. The molecule has 88 valence electrons. The van der Waals surface area contributed by atoms with Gasteiger partial charge >= 0.3 is 0 Å². The third kappa shape index (κ3) is 4.62. The Labute approximate surface area is 91.8 Å². The predicted molar refractivity (Wildman–Crippen MR) is 59.7 cm³/mol. The van der Waals surface area contributed by atoms with E-state index in [0.717, 1.165) is 25.9 Å². The molecule has 1 aliphatic rings. The van der Waals surface area contributed by atoms with Gasteiger partial charge in [0.1, 0.15) is 0 Å². The first-order chi connectivity index (χ1) is 7.26. The molecule has 1 rings (SSSR count). The van der Waals surface area contributed by atoms with Gasteiger partial charge in [0.05, 0.1) is 12.6 Å². The quantitative estimate of drug-likeness (QED) is 0.650. The topological polar surface area (TPSA) is 50.4 Å². The number of ether oxygens (including phenoxy) is 1. The molecule has 4 heteroatoms. The normalized spacial score (nSPS) is 18.3. The molecule has 1 fully saturated rings. The molecule has 4 nitrogen and oxygen atoms in total. The summed E-state index contributed by atoms with van der Waals surface area (Å²) in [7, 11) is 1.67. The van der Waals surface area contributed by atoms with Gasteiger partial charge in [-0.2, -0.15) is 0 Å². The zero-order valence-corrected chi connectivity index (χ0v) is 9.71. The summed E-state index contributed by atoms with van der Waals surface area (Å²) in [6, 6.07) is 0.181. The summed E-state index contributed by atoms with van der Waals surface area (Å²) < 4.78 is 5.08. The first-order valence-electron chi connectivity index (χ1n) is 5.75. The number of rotatable bonds is 7. The average Bonchev–Trinajstić information content (AvgIpc) is 2.12. The van der Waals surface area contributed by atoms with E-state index in [1.54, 1.807) is 7.11 Å². The van der Waals surface area contributed by atoms with E-state index in [0.29, 0.717) is 18.9 Å². The number of methoxy groups -OCH3 is 1. The van der Waals surface area contributed by atoms with Crippen LogP contribution in [0.5, 0.6) is 0 Å². The molecule has 1 atom stereocenters. The van der Waals surface area contributed by atoms with E-state index in [4.69, 9.17) is 4.74 Å². The largest absolute Gasteiger partial charge is 0.383 e. The van der Waals surface area contributed by atoms with Gasteiger partial charge in [-0.3, -0.25) is 4.79 Å². The molecule has 0 aliphatic carbocycles. The van der Waals surface area contributed by atoms with Crippen molar-refractivity contribution in [1.29, 1.82) is 0 Å². The Balaban J connectivity index is 2.19. The highest BCUT2D eigenvalue weighted by Gasteiger charge is 2.21. The molecule has 15 heavy (non-hydrogen) atoms. The Morgan fingerprint density at radius 2 is 2.33 bits per heavy atom. The maximum Gasteiger partial charge on any atom is 0.220 e. The van der Waals surface area contributed by atoms with Crippen LogP contribution in [0.1, 0.15) is 26.2 Å². The molecule has 0 aromatic carbocycles. The highest BCUT2D eigenvalue weighted by atomic mass is 16.5. The van der Waals surface area contributed by atoms with Crippen molar-refractivity contribution in [2.45, 2.75) is 32.2 Å². The first kappa shape index (κ1) is 12.5. The summed E-state index contributed by atoms with van der Waals surface area (Å²) in [5.74, 6) is 0.701. The van der Waals surface area contributed by atoms with Gasteiger partial charge in [0.15, 0.2) is 0 Å². The van der Waals surface area contributed by atoms with E-state index in [9.17, 15) is 4.79 Å². The fourth-order valence-electron chi connectivity index (χ4n) is 1.79. The van der Waals surface area contributed by atoms with Gasteiger partial charge in [-0.1, -0.05) is 13.3 Å². The second-order valence-electron chi connectivity index (χ2n) is 4.24. The summed E-state index contributed by atoms with van der Waals surface area (Å²) in [6.07, 6.45) is 2.71. The van der Waals surface area contributed by atoms with Crippen LogP contribution in [0.25, 0.3) is 0 Å². The van der Waals surface area contributed by atoms with Gasteiger partial charge in [0.2, 0.25) is 5.91 Å². The van der Waals surface area contributed by atoms with Gasteiger partial charge in [-0.05, 0) is 25.4 Å². The van der Waals surface area contributed by atoms with E-state index in [1.165, 1.54) is 0 Å². The number of carbonyl (C=O) groups is 1. The van der Waals surface area contributed by atoms with E-state index in [-0.39, 0.29) is 11.9 Å². The summed E-state index contributed by atoms with van der Waals surface area (Å²) in [4.78, 5) is 11.6. The highest BCUT2D eigenvalue weighted by Crippen LogP contribution is 2.08. The maximum atomic E-state index is 11.6. The molecule has 0 saturated carbocycles. The Kier molecular flexibility index (Phi) is 5.65. The fourth-order valence-corrected chi connectivity index (χ4v) is 1.79. The van der Waals surface area contributed by atoms with E-state index in [2.05, 4.69) is 17.6 Å². The minimum atomic E-state index is 0.164. The maximum absolute atomic E-state index is 11.6. The average molecular weight is 214 g/mol. The predicted octanol–water partition coefficient (Wildman–Crippen LogP) is 0.527. The van der Waals surface area contributed by atoms with E-state index >= 15 is 0 Å². The molecular formula is C11H22N2O2. The van der Waals surface area contributed by atoms with Crippen molar-refractivity contribution < 1.29 is 9.53 Å². The number of nitrogens with one attached hydrogen (secondary N) is 2. The molecule has 0 aromatic heterocycles.